The molecule has 3 heteroatoms. The van der Waals surface area contributed by atoms with Crippen LogP contribution in [0.25, 0.3) is 0 Å². The van der Waals surface area contributed by atoms with E-state index >= 15 is 0 Å². The van der Waals surface area contributed by atoms with Crippen molar-refractivity contribution < 1.29 is 0 Å². The van der Waals surface area contributed by atoms with E-state index in [0.29, 0.717) is 11.5 Å². The summed E-state index contributed by atoms with van der Waals surface area (Å²) in [6, 6.07) is 1.46. The molecule has 0 aromatic rings. The molecule has 0 aromatic heterocycles. The highest BCUT2D eigenvalue weighted by molar-refractivity contribution is 5.04. The Labute approximate surface area is 131 Å². The number of nitrogens with two attached hydrogens (primary N) is 1. The monoisotopic (exact) mass is 293 g/mol. The lowest BCUT2D eigenvalue weighted by Gasteiger charge is -2.58. The van der Waals surface area contributed by atoms with Gasteiger partial charge in [-0.05, 0) is 51.0 Å². The molecule has 0 bridgehead atoms. The second kappa shape index (κ2) is 5.82. The Hall–Kier alpha value is -0.120. The maximum Gasteiger partial charge on any atom is 0.0340 e. The van der Waals surface area contributed by atoms with E-state index in [1.165, 1.54) is 64.6 Å². The minimum Gasteiger partial charge on any atom is -0.329 e. The van der Waals surface area contributed by atoms with Gasteiger partial charge in [0.05, 0.1) is 0 Å². The van der Waals surface area contributed by atoms with Gasteiger partial charge in [-0.1, -0.05) is 26.7 Å². The van der Waals surface area contributed by atoms with Gasteiger partial charge in [-0.25, -0.2) is 0 Å². The molecule has 2 aliphatic heterocycles. The summed E-state index contributed by atoms with van der Waals surface area (Å²) in [4.78, 5) is 5.59. The van der Waals surface area contributed by atoms with Crippen LogP contribution in [-0.2, 0) is 0 Å². The molecule has 0 radical (unpaired) electrons. The van der Waals surface area contributed by atoms with E-state index in [0.717, 1.165) is 12.6 Å². The zero-order valence-corrected chi connectivity index (χ0v) is 14.4. The summed E-state index contributed by atoms with van der Waals surface area (Å²) in [6.07, 6.45) is 9.53. The third-order valence-corrected chi connectivity index (χ3v) is 6.48. The van der Waals surface area contributed by atoms with Crippen LogP contribution in [0.5, 0.6) is 0 Å². The first-order chi connectivity index (χ1) is 9.96. The molecule has 3 rings (SSSR count). The predicted octanol–water partition coefficient (Wildman–Crippen LogP) is 2.84. The molecule has 2 heterocycles. The van der Waals surface area contributed by atoms with Gasteiger partial charge >= 0.3 is 0 Å². The van der Waals surface area contributed by atoms with Crippen molar-refractivity contribution in [1.29, 1.82) is 0 Å². The van der Waals surface area contributed by atoms with Gasteiger partial charge in [0.25, 0.3) is 0 Å². The normalized spacial score (nSPS) is 41.7. The van der Waals surface area contributed by atoms with Crippen LogP contribution in [0, 0.1) is 5.41 Å². The Kier molecular flexibility index (Phi) is 4.37. The van der Waals surface area contributed by atoms with E-state index in [1.54, 1.807) is 0 Å². The lowest BCUT2D eigenvalue weighted by atomic mass is 9.66. The van der Waals surface area contributed by atoms with E-state index in [-0.39, 0.29) is 5.54 Å². The van der Waals surface area contributed by atoms with Crippen molar-refractivity contribution in [3.63, 3.8) is 0 Å². The Bertz CT molecular complexity index is 367. The van der Waals surface area contributed by atoms with Crippen LogP contribution in [0.3, 0.4) is 0 Å². The highest BCUT2D eigenvalue weighted by Gasteiger charge is 2.47. The first-order valence-electron chi connectivity index (χ1n) is 9.17. The maximum absolute atomic E-state index is 6.37. The topological polar surface area (TPSA) is 32.5 Å². The zero-order chi connectivity index (χ0) is 15.1. The van der Waals surface area contributed by atoms with E-state index in [4.69, 9.17) is 5.73 Å². The minimum absolute atomic E-state index is 0.269. The van der Waals surface area contributed by atoms with Gasteiger partial charge in [0.1, 0.15) is 0 Å². The summed E-state index contributed by atoms with van der Waals surface area (Å²) < 4.78 is 0. The number of rotatable bonds is 2. The number of piperazine rings is 1. The summed E-state index contributed by atoms with van der Waals surface area (Å²) in [5.74, 6) is 0. The van der Waals surface area contributed by atoms with Crippen molar-refractivity contribution in [2.24, 2.45) is 11.1 Å². The van der Waals surface area contributed by atoms with E-state index < -0.39 is 0 Å². The number of hydrogen-bond donors (Lipinski definition) is 1. The molecule has 2 saturated heterocycles. The zero-order valence-electron chi connectivity index (χ0n) is 14.4. The largest absolute Gasteiger partial charge is 0.329 e. The smallest absolute Gasteiger partial charge is 0.0340 e. The molecule has 3 atom stereocenters. The van der Waals surface area contributed by atoms with Gasteiger partial charge in [0.15, 0.2) is 0 Å². The van der Waals surface area contributed by atoms with Crippen molar-refractivity contribution in [1.82, 2.24) is 9.80 Å². The van der Waals surface area contributed by atoms with Crippen molar-refractivity contribution in [3.05, 3.63) is 0 Å². The SMILES string of the molecule is CC1CN2CCCCC2CN1C1(CN)CCCC(C)(C)C1. The molecule has 122 valence electrons. The van der Waals surface area contributed by atoms with Crippen LogP contribution in [0.15, 0.2) is 0 Å². The molecule has 0 spiro atoms. The highest BCUT2D eigenvalue weighted by Crippen LogP contribution is 2.45. The molecule has 1 aliphatic carbocycles. The van der Waals surface area contributed by atoms with Crippen LogP contribution in [0.4, 0.5) is 0 Å². The number of piperidine rings is 1. The van der Waals surface area contributed by atoms with Crippen molar-refractivity contribution >= 4 is 0 Å². The van der Waals surface area contributed by atoms with Gasteiger partial charge in [-0.3, -0.25) is 9.80 Å². The minimum atomic E-state index is 0.269. The third kappa shape index (κ3) is 3.02. The number of nitrogens with zero attached hydrogens (tertiary/aromatic N) is 2. The summed E-state index contributed by atoms with van der Waals surface area (Å²) in [7, 11) is 0. The fraction of sp³-hybridized carbons (Fsp3) is 1.00. The average Bonchev–Trinajstić information content (AvgIpc) is 2.45. The first-order valence-corrected chi connectivity index (χ1v) is 9.17. The number of fused-ring (bicyclic) bond motifs is 1. The second-order valence-corrected chi connectivity index (χ2v) is 8.77. The van der Waals surface area contributed by atoms with Gasteiger partial charge in [-0.2, -0.15) is 0 Å². The second-order valence-electron chi connectivity index (χ2n) is 8.77. The standard InChI is InChI=1S/C18H35N3/c1-15-11-20-10-5-4-7-16(20)12-21(15)18(14-19)9-6-8-17(2,3)13-18/h15-16H,4-14,19H2,1-3H3. The molecule has 21 heavy (non-hydrogen) atoms. The fourth-order valence-electron chi connectivity index (χ4n) is 5.51. The van der Waals surface area contributed by atoms with Crippen LogP contribution in [0.1, 0.15) is 65.7 Å². The maximum atomic E-state index is 6.37. The Morgan fingerprint density at radius 1 is 1.10 bits per heavy atom. The molecule has 3 fully saturated rings. The van der Waals surface area contributed by atoms with Crippen LogP contribution < -0.4 is 5.73 Å². The van der Waals surface area contributed by atoms with Crippen LogP contribution in [-0.4, -0.2) is 53.6 Å². The van der Waals surface area contributed by atoms with E-state index in [1.807, 2.05) is 0 Å². The quantitative estimate of drug-likeness (QED) is 0.850. The average molecular weight is 293 g/mol. The van der Waals surface area contributed by atoms with Crippen LogP contribution >= 0.6 is 0 Å². The molecule has 0 aromatic carbocycles. The fourth-order valence-corrected chi connectivity index (χ4v) is 5.51. The Balaban J connectivity index is 1.79. The molecule has 0 amide bonds. The summed E-state index contributed by atoms with van der Waals surface area (Å²) in [6.45, 7) is 12.0. The summed E-state index contributed by atoms with van der Waals surface area (Å²) >= 11 is 0. The molecule has 3 unspecified atom stereocenters. The van der Waals surface area contributed by atoms with Crippen molar-refractivity contribution in [3.8, 4) is 0 Å². The lowest BCUT2D eigenvalue weighted by molar-refractivity contribution is -0.0756. The van der Waals surface area contributed by atoms with Gasteiger partial charge in [0.2, 0.25) is 0 Å². The highest BCUT2D eigenvalue weighted by atomic mass is 15.3. The van der Waals surface area contributed by atoms with E-state index in [9.17, 15) is 0 Å². The number of hydrogen-bond acceptors (Lipinski definition) is 3. The Morgan fingerprint density at radius 2 is 1.90 bits per heavy atom. The van der Waals surface area contributed by atoms with Crippen molar-refractivity contribution in [2.45, 2.75) is 83.3 Å². The van der Waals surface area contributed by atoms with Gasteiger partial charge < -0.3 is 5.73 Å². The summed E-state index contributed by atoms with van der Waals surface area (Å²) in [5, 5.41) is 0. The third-order valence-electron chi connectivity index (χ3n) is 6.48. The van der Waals surface area contributed by atoms with E-state index in [2.05, 4.69) is 30.6 Å². The molecule has 3 aliphatic rings. The summed E-state index contributed by atoms with van der Waals surface area (Å²) in [5.41, 5.74) is 7.09. The predicted molar refractivity (Wildman–Crippen MR) is 89.4 cm³/mol. The van der Waals surface area contributed by atoms with Gasteiger partial charge in [-0.15, -0.1) is 0 Å². The molecule has 1 saturated carbocycles. The molecule has 3 nitrogen and oxygen atoms in total. The molecular formula is C18H35N3. The van der Waals surface area contributed by atoms with Gasteiger partial charge in [0, 0.05) is 37.3 Å². The molecule has 2 N–H and O–H groups in total. The molecular weight excluding hydrogens is 258 g/mol. The van der Waals surface area contributed by atoms with Crippen molar-refractivity contribution in [2.75, 3.05) is 26.2 Å². The lowest BCUT2D eigenvalue weighted by Crippen LogP contribution is -2.68. The Morgan fingerprint density at radius 3 is 2.62 bits per heavy atom. The van der Waals surface area contributed by atoms with Crippen LogP contribution in [0.2, 0.25) is 0 Å². The first kappa shape index (κ1) is 15.8.